The Kier molecular flexibility index (Phi) is 4.82. The summed E-state index contributed by atoms with van der Waals surface area (Å²) in [6.07, 6.45) is 12.6. The van der Waals surface area contributed by atoms with Gasteiger partial charge in [0.25, 0.3) is 0 Å². The second kappa shape index (κ2) is 5.97. The Labute approximate surface area is 112 Å². The van der Waals surface area contributed by atoms with Crippen LogP contribution in [0.3, 0.4) is 0 Å². The minimum atomic E-state index is 0.392. The molecule has 100 valence electrons. The van der Waals surface area contributed by atoms with Crippen LogP contribution in [0.5, 0.6) is 0 Å². The monoisotopic (exact) mass is 255 g/mol. The summed E-state index contributed by atoms with van der Waals surface area (Å²) in [6.45, 7) is 5.85. The minimum Gasteiger partial charge on any atom is -0.313 e. The Balaban J connectivity index is 1.76. The molecular formula is C15H29NS. The van der Waals surface area contributed by atoms with Gasteiger partial charge < -0.3 is 5.32 Å². The van der Waals surface area contributed by atoms with Crippen molar-refractivity contribution in [1.82, 2.24) is 5.32 Å². The lowest BCUT2D eigenvalue weighted by atomic mass is 9.69. The van der Waals surface area contributed by atoms with E-state index in [1.165, 1.54) is 44.9 Å². The van der Waals surface area contributed by atoms with Gasteiger partial charge in [-0.25, -0.2) is 0 Å². The fourth-order valence-electron chi connectivity index (χ4n) is 3.52. The van der Waals surface area contributed by atoms with Crippen LogP contribution in [0.1, 0.15) is 58.8 Å². The van der Waals surface area contributed by atoms with Crippen molar-refractivity contribution in [3.63, 3.8) is 0 Å². The summed E-state index contributed by atoms with van der Waals surface area (Å²) in [4.78, 5) is 0. The van der Waals surface area contributed by atoms with Gasteiger partial charge >= 0.3 is 0 Å². The van der Waals surface area contributed by atoms with Gasteiger partial charge in [0.05, 0.1) is 0 Å². The fraction of sp³-hybridized carbons (Fsp3) is 1.00. The van der Waals surface area contributed by atoms with Gasteiger partial charge in [-0.15, -0.1) is 0 Å². The first-order valence-electron chi connectivity index (χ1n) is 7.39. The maximum absolute atomic E-state index is 3.82. The lowest BCUT2D eigenvalue weighted by Crippen LogP contribution is -2.43. The van der Waals surface area contributed by atoms with Gasteiger partial charge in [0.15, 0.2) is 0 Å². The van der Waals surface area contributed by atoms with Crippen molar-refractivity contribution in [2.75, 3.05) is 12.8 Å². The highest BCUT2D eigenvalue weighted by molar-refractivity contribution is 7.99. The van der Waals surface area contributed by atoms with Gasteiger partial charge in [-0.2, -0.15) is 11.8 Å². The first kappa shape index (κ1) is 13.7. The highest BCUT2D eigenvalue weighted by atomic mass is 32.2. The third-order valence-corrected chi connectivity index (χ3v) is 6.16. The number of fused-ring (bicyclic) bond motifs is 1. The zero-order chi connectivity index (χ0) is 12.3. The van der Waals surface area contributed by atoms with Gasteiger partial charge in [0, 0.05) is 17.3 Å². The first-order valence-corrected chi connectivity index (χ1v) is 8.62. The van der Waals surface area contributed by atoms with Crippen LogP contribution in [0.4, 0.5) is 0 Å². The summed E-state index contributed by atoms with van der Waals surface area (Å²) in [6, 6.07) is 0.806. The molecule has 2 rings (SSSR count). The van der Waals surface area contributed by atoms with Crippen molar-refractivity contribution in [3.05, 3.63) is 0 Å². The van der Waals surface area contributed by atoms with Crippen molar-refractivity contribution in [2.45, 2.75) is 69.6 Å². The first-order chi connectivity index (χ1) is 8.11. The largest absolute Gasteiger partial charge is 0.313 e. The summed E-state index contributed by atoms with van der Waals surface area (Å²) >= 11 is 1.98. The van der Waals surface area contributed by atoms with Gasteiger partial charge in [0.1, 0.15) is 0 Å². The zero-order valence-corrected chi connectivity index (χ0v) is 12.6. The van der Waals surface area contributed by atoms with Crippen molar-refractivity contribution in [1.29, 1.82) is 0 Å². The third-order valence-electron chi connectivity index (χ3n) is 4.91. The SMILES string of the molecule is CSC(C)(C)CNC1CCC2CCCCC2C1. The molecular weight excluding hydrogens is 226 g/mol. The van der Waals surface area contributed by atoms with E-state index in [2.05, 4.69) is 25.4 Å². The molecule has 0 aromatic heterocycles. The molecule has 2 fully saturated rings. The summed E-state index contributed by atoms with van der Waals surface area (Å²) in [5.74, 6) is 2.13. The summed E-state index contributed by atoms with van der Waals surface area (Å²) in [5, 5.41) is 3.82. The average Bonchev–Trinajstić information content (AvgIpc) is 2.36. The molecule has 2 aliphatic carbocycles. The van der Waals surface area contributed by atoms with Crippen LogP contribution in [0, 0.1) is 11.8 Å². The smallest absolute Gasteiger partial charge is 0.0225 e. The lowest BCUT2D eigenvalue weighted by molar-refractivity contribution is 0.143. The van der Waals surface area contributed by atoms with E-state index in [0.717, 1.165) is 24.4 Å². The van der Waals surface area contributed by atoms with Crippen LogP contribution in [0.2, 0.25) is 0 Å². The van der Waals surface area contributed by atoms with Crippen LogP contribution >= 0.6 is 11.8 Å². The molecule has 0 bridgehead atoms. The number of nitrogens with one attached hydrogen (secondary N) is 1. The number of hydrogen-bond acceptors (Lipinski definition) is 2. The number of hydrogen-bond donors (Lipinski definition) is 1. The molecule has 0 amide bonds. The van der Waals surface area contributed by atoms with Crippen LogP contribution < -0.4 is 5.32 Å². The van der Waals surface area contributed by atoms with E-state index in [9.17, 15) is 0 Å². The molecule has 0 radical (unpaired) electrons. The molecule has 1 nitrogen and oxygen atoms in total. The van der Waals surface area contributed by atoms with Crippen molar-refractivity contribution >= 4 is 11.8 Å². The Morgan fingerprint density at radius 2 is 1.76 bits per heavy atom. The molecule has 1 N–H and O–H groups in total. The molecule has 2 aliphatic rings. The Morgan fingerprint density at radius 1 is 1.06 bits per heavy atom. The fourth-order valence-corrected chi connectivity index (χ4v) is 3.75. The summed E-state index contributed by atoms with van der Waals surface area (Å²) < 4.78 is 0.392. The second-order valence-corrected chi connectivity index (χ2v) is 8.17. The van der Waals surface area contributed by atoms with E-state index in [4.69, 9.17) is 0 Å². The maximum Gasteiger partial charge on any atom is 0.0225 e. The molecule has 0 aliphatic heterocycles. The quantitative estimate of drug-likeness (QED) is 0.812. The molecule has 2 saturated carbocycles. The van der Waals surface area contributed by atoms with Crippen LogP contribution in [0.15, 0.2) is 0 Å². The van der Waals surface area contributed by atoms with Crippen molar-refractivity contribution in [3.8, 4) is 0 Å². The molecule has 17 heavy (non-hydrogen) atoms. The molecule has 3 atom stereocenters. The van der Waals surface area contributed by atoms with Crippen LogP contribution in [-0.4, -0.2) is 23.6 Å². The van der Waals surface area contributed by atoms with Crippen molar-refractivity contribution in [2.24, 2.45) is 11.8 Å². The Hall–Kier alpha value is 0.310. The van der Waals surface area contributed by atoms with E-state index in [-0.39, 0.29) is 0 Å². The standard InChI is InChI=1S/C15H29NS/c1-15(2,17-3)11-16-14-9-8-12-6-4-5-7-13(12)10-14/h12-14,16H,4-11H2,1-3H3. The molecule has 0 aromatic carbocycles. The summed E-state index contributed by atoms with van der Waals surface area (Å²) in [7, 11) is 0. The zero-order valence-electron chi connectivity index (χ0n) is 11.8. The minimum absolute atomic E-state index is 0.392. The predicted octanol–water partition coefficient (Wildman–Crippen LogP) is 4.08. The van der Waals surface area contributed by atoms with Gasteiger partial charge in [-0.1, -0.05) is 25.7 Å². The van der Waals surface area contributed by atoms with E-state index in [1.807, 2.05) is 11.8 Å². The van der Waals surface area contributed by atoms with Crippen LogP contribution in [-0.2, 0) is 0 Å². The Morgan fingerprint density at radius 3 is 2.47 bits per heavy atom. The van der Waals surface area contributed by atoms with Gasteiger partial charge in [-0.3, -0.25) is 0 Å². The van der Waals surface area contributed by atoms with E-state index < -0.39 is 0 Å². The number of thioether (sulfide) groups is 1. The van der Waals surface area contributed by atoms with Crippen molar-refractivity contribution < 1.29 is 0 Å². The van der Waals surface area contributed by atoms with E-state index in [1.54, 1.807) is 0 Å². The molecule has 0 aromatic rings. The van der Waals surface area contributed by atoms with Crippen LogP contribution in [0.25, 0.3) is 0 Å². The highest BCUT2D eigenvalue weighted by Gasteiger charge is 2.32. The third kappa shape index (κ3) is 3.89. The maximum atomic E-state index is 3.82. The normalized spacial score (nSPS) is 34.4. The topological polar surface area (TPSA) is 12.0 Å². The highest BCUT2D eigenvalue weighted by Crippen LogP contribution is 2.40. The Bertz CT molecular complexity index is 239. The molecule has 0 spiro atoms. The van der Waals surface area contributed by atoms with E-state index in [0.29, 0.717) is 4.75 Å². The average molecular weight is 255 g/mol. The second-order valence-electron chi connectivity index (χ2n) is 6.66. The molecule has 3 unspecified atom stereocenters. The number of rotatable bonds is 4. The van der Waals surface area contributed by atoms with E-state index >= 15 is 0 Å². The van der Waals surface area contributed by atoms with Gasteiger partial charge in [-0.05, 0) is 51.2 Å². The predicted molar refractivity (Wildman–Crippen MR) is 78.7 cm³/mol. The van der Waals surface area contributed by atoms with Gasteiger partial charge in [0.2, 0.25) is 0 Å². The molecule has 0 saturated heterocycles. The summed E-state index contributed by atoms with van der Waals surface area (Å²) in [5.41, 5.74) is 0. The molecule has 2 heteroatoms. The molecule has 0 heterocycles. The lowest BCUT2D eigenvalue weighted by Gasteiger charge is -2.40.